The van der Waals surface area contributed by atoms with Gasteiger partial charge < -0.3 is 10.6 Å². The summed E-state index contributed by atoms with van der Waals surface area (Å²) in [5.41, 5.74) is 4.97. The monoisotopic (exact) mass is 398 g/mol. The molecule has 1 aliphatic heterocycles. The molecular formula is C21H26N4O2S. The summed E-state index contributed by atoms with van der Waals surface area (Å²) < 4.78 is 2.23. The molecule has 1 aromatic heterocycles. The second-order valence-corrected chi connectivity index (χ2v) is 8.33. The Bertz CT molecular complexity index is 856. The third-order valence-corrected chi connectivity index (χ3v) is 6.43. The molecule has 6 nitrogen and oxygen atoms in total. The Morgan fingerprint density at radius 1 is 1.32 bits per heavy atom. The minimum atomic E-state index is -0.936. The average Bonchev–Trinajstić information content (AvgIpc) is 2.72. The number of rotatable bonds is 7. The van der Waals surface area contributed by atoms with E-state index in [1.807, 2.05) is 6.20 Å². The Morgan fingerprint density at radius 3 is 2.75 bits per heavy atom. The number of nitrogens with one attached hydrogen (secondary N) is 2. The average molecular weight is 399 g/mol. The highest BCUT2D eigenvalue weighted by Gasteiger charge is 2.33. The minimum Gasteiger partial charge on any atom is -0.357 e. The van der Waals surface area contributed by atoms with Gasteiger partial charge in [-0.15, -0.1) is 0 Å². The molecule has 148 valence electrons. The summed E-state index contributed by atoms with van der Waals surface area (Å²) in [5.74, 6) is 0.268. The molecule has 0 bridgehead atoms. The lowest BCUT2D eigenvalue weighted by Gasteiger charge is -2.32. The Hall–Kier alpha value is -2.38. The first-order valence-corrected chi connectivity index (χ1v) is 10.3. The van der Waals surface area contributed by atoms with Gasteiger partial charge in [-0.25, -0.2) is 4.31 Å². The SMILES string of the molecule is CNC(=O)[C@@](C)(CSN1CCc2cc(-c3ccc(C)cc3)ncc2C1)NC=O. The van der Waals surface area contributed by atoms with Crippen LogP contribution in [-0.2, 0) is 22.6 Å². The third-order valence-electron chi connectivity index (χ3n) is 5.05. The number of aryl methyl sites for hydroxylation is 1. The van der Waals surface area contributed by atoms with E-state index in [0.717, 1.165) is 30.8 Å². The van der Waals surface area contributed by atoms with Gasteiger partial charge in [0, 0.05) is 37.7 Å². The van der Waals surface area contributed by atoms with E-state index in [9.17, 15) is 9.59 Å². The molecule has 2 heterocycles. The third kappa shape index (κ3) is 4.54. The Balaban J connectivity index is 1.67. The first-order chi connectivity index (χ1) is 13.4. The van der Waals surface area contributed by atoms with Crippen LogP contribution in [0.3, 0.4) is 0 Å². The first kappa shape index (κ1) is 20.4. The Kier molecular flexibility index (Phi) is 6.36. The van der Waals surface area contributed by atoms with E-state index in [-0.39, 0.29) is 5.91 Å². The van der Waals surface area contributed by atoms with Gasteiger partial charge in [-0.05, 0) is 37.5 Å². The van der Waals surface area contributed by atoms with Crippen molar-refractivity contribution < 1.29 is 9.59 Å². The van der Waals surface area contributed by atoms with E-state index in [2.05, 4.69) is 57.2 Å². The van der Waals surface area contributed by atoms with Gasteiger partial charge in [-0.3, -0.25) is 14.6 Å². The lowest BCUT2D eigenvalue weighted by atomic mass is 10.00. The number of hydrogen-bond acceptors (Lipinski definition) is 5. The zero-order chi connectivity index (χ0) is 20.1. The molecule has 1 aliphatic rings. The minimum absolute atomic E-state index is 0.200. The molecule has 7 heteroatoms. The summed E-state index contributed by atoms with van der Waals surface area (Å²) in [7, 11) is 1.58. The van der Waals surface area contributed by atoms with Crippen LogP contribution in [-0.4, -0.2) is 46.5 Å². The predicted octanol–water partition coefficient (Wildman–Crippen LogP) is 2.31. The number of amides is 2. The van der Waals surface area contributed by atoms with Crippen molar-refractivity contribution in [2.24, 2.45) is 0 Å². The summed E-state index contributed by atoms with van der Waals surface area (Å²) >= 11 is 1.58. The number of nitrogens with zero attached hydrogens (tertiary/aromatic N) is 2. The van der Waals surface area contributed by atoms with Crippen LogP contribution in [0.1, 0.15) is 23.6 Å². The van der Waals surface area contributed by atoms with Crippen molar-refractivity contribution in [2.75, 3.05) is 19.3 Å². The largest absolute Gasteiger partial charge is 0.357 e. The molecule has 3 rings (SSSR count). The van der Waals surface area contributed by atoms with Crippen LogP contribution in [0.5, 0.6) is 0 Å². The van der Waals surface area contributed by atoms with Crippen LogP contribution >= 0.6 is 11.9 Å². The van der Waals surface area contributed by atoms with Gasteiger partial charge in [-0.2, -0.15) is 0 Å². The fourth-order valence-electron chi connectivity index (χ4n) is 3.21. The number of hydrogen-bond donors (Lipinski definition) is 2. The van der Waals surface area contributed by atoms with Crippen molar-refractivity contribution in [2.45, 2.75) is 32.4 Å². The molecular weight excluding hydrogens is 372 g/mol. The zero-order valence-corrected chi connectivity index (χ0v) is 17.3. The molecule has 2 N–H and O–H groups in total. The molecule has 0 unspecified atom stereocenters. The molecule has 0 saturated heterocycles. The zero-order valence-electron chi connectivity index (χ0n) is 16.5. The number of aromatic nitrogens is 1. The second-order valence-electron chi connectivity index (χ2n) is 7.26. The standard InChI is InChI=1S/C21H26N4O2S/c1-15-4-6-16(7-5-15)19-10-17-8-9-25(12-18(17)11-23-19)28-13-21(2,24-14-26)20(27)22-3/h4-7,10-11,14H,8-9,12-13H2,1-3H3,(H,22,27)(H,24,26)/t21-/m1/s1. The van der Waals surface area contributed by atoms with Crippen LogP contribution < -0.4 is 10.6 Å². The van der Waals surface area contributed by atoms with Gasteiger partial charge in [0.1, 0.15) is 5.54 Å². The second kappa shape index (κ2) is 8.75. The van der Waals surface area contributed by atoms with E-state index >= 15 is 0 Å². The highest BCUT2D eigenvalue weighted by molar-refractivity contribution is 7.97. The van der Waals surface area contributed by atoms with E-state index in [0.29, 0.717) is 12.2 Å². The van der Waals surface area contributed by atoms with Crippen molar-refractivity contribution in [1.82, 2.24) is 19.9 Å². The summed E-state index contributed by atoms with van der Waals surface area (Å²) in [6.45, 7) is 5.47. The van der Waals surface area contributed by atoms with Crippen molar-refractivity contribution in [3.05, 3.63) is 53.2 Å². The fourth-order valence-corrected chi connectivity index (χ4v) is 4.31. The van der Waals surface area contributed by atoms with Crippen molar-refractivity contribution in [1.29, 1.82) is 0 Å². The van der Waals surface area contributed by atoms with Gasteiger partial charge in [0.2, 0.25) is 12.3 Å². The summed E-state index contributed by atoms with van der Waals surface area (Å²) in [4.78, 5) is 27.7. The molecule has 2 amide bonds. The van der Waals surface area contributed by atoms with E-state index in [1.165, 1.54) is 16.7 Å². The number of likely N-dealkylation sites (N-methyl/N-ethyl adjacent to an activating group) is 1. The Labute approximate surface area is 170 Å². The van der Waals surface area contributed by atoms with E-state index < -0.39 is 5.54 Å². The first-order valence-electron chi connectivity index (χ1n) is 9.31. The molecule has 0 radical (unpaired) electrons. The Morgan fingerprint density at radius 2 is 2.07 bits per heavy atom. The van der Waals surface area contributed by atoms with Crippen molar-refractivity contribution in [3.63, 3.8) is 0 Å². The van der Waals surface area contributed by atoms with Crippen molar-refractivity contribution in [3.8, 4) is 11.3 Å². The maximum Gasteiger partial charge on any atom is 0.246 e. The van der Waals surface area contributed by atoms with E-state index in [1.54, 1.807) is 25.9 Å². The summed E-state index contributed by atoms with van der Waals surface area (Å²) in [6, 6.07) is 10.6. The number of pyridine rings is 1. The number of carbonyl (C=O) groups excluding carboxylic acids is 2. The number of carbonyl (C=O) groups is 2. The lowest BCUT2D eigenvalue weighted by Crippen LogP contribution is -2.56. The van der Waals surface area contributed by atoms with E-state index in [4.69, 9.17) is 0 Å². The van der Waals surface area contributed by atoms with Crippen LogP contribution in [0.25, 0.3) is 11.3 Å². The normalized spacial score (nSPS) is 16.0. The smallest absolute Gasteiger partial charge is 0.246 e. The van der Waals surface area contributed by atoms with Gasteiger partial charge in [0.15, 0.2) is 0 Å². The quantitative estimate of drug-likeness (QED) is 0.553. The molecule has 1 aromatic carbocycles. The highest BCUT2D eigenvalue weighted by Crippen LogP contribution is 2.28. The molecule has 0 saturated carbocycles. The van der Waals surface area contributed by atoms with Gasteiger partial charge in [0.25, 0.3) is 0 Å². The molecule has 2 aromatic rings. The lowest BCUT2D eigenvalue weighted by molar-refractivity contribution is -0.128. The van der Waals surface area contributed by atoms with Crippen LogP contribution in [0, 0.1) is 6.92 Å². The fraction of sp³-hybridized carbons (Fsp3) is 0.381. The van der Waals surface area contributed by atoms with Crippen LogP contribution in [0.4, 0.5) is 0 Å². The van der Waals surface area contributed by atoms with Gasteiger partial charge >= 0.3 is 0 Å². The number of fused-ring (bicyclic) bond motifs is 1. The maximum atomic E-state index is 12.1. The van der Waals surface area contributed by atoms with Crippen LogP contribution in [0.15, 0.2) is 36.5 Å². The molecule has 0 fully saturated rings. The summed E-state index contributed by atoms with van der Waals surface area (Å²) in [5, 5.41) is 5.26. The van der Waals surface area contributed by atoms with Gasteiger partial charge in [0.05, 0.1) is 5.69 Å². The molecule has 1 atom stereocenters. The molecule has 0 aliphatic carbocycles. The maximum absolute atomic E-state index is 12.1. The molecule has 28 heavy (non-hydrogen) atoms. The summed E-state index contributed by atoms with van der Waals surface area (Å²) in [6.07, 6.45) is 3.47. The highest BCUT2D eigenvalue weighted by atomic mass is 32.2. The predicted molar refractivity (Wildman–Crippen MR) is 113 cm³/mol. The van der Waals surface area contributed by atoms with Crippen LogP contribution in [0.2, 0.25) is 0 Å². The van der Waals surface area contributed by atoms with Crippen molar-refractivity contribution >= 4 is 24.3 Å². The van der Waals surface area contributed by atoms with Gasteiger partial charge in [-0.1, -0.05) is 41.8 Å². The topological polar surface area (TPSA) is 74.3 Å². The molecule has 0 spiro atoms. The number of benzene rings is 1.